The lowest BCUT2D eigenvalue weighted by Gasteiger charge is -2.17. The van der Waals surface area contributed by atoms with Gasteiger partial charge in [0.15, 0.2) is 11.9 Å². The second kappa shape index (κ2) is 5.17. The molecule has 6 nitrogen and oxygen atoms in total. The first-order chi connectivity index (χ1) is 8.99. The summed E-state index contributed by atoms with van der Waals surface area (Å²) in [6.07, 6.45) is 1.17. The van der Waals surface area contributed by atoms with E-state index < -0.39 is 12.1 Å². The van der Waals surface area contributed by atoms with Crippen molar-refractivity contribution in [2.75, 3.05) is 5.73 Å². The molecular formula is C13H16N2O4. The molecule has 0 aromatic heterocycles. The molecule has 1 fully saturated rings. The minimum Gasteiger partial charge on any atom is -0.478 e. The Kier molecular flexibility index (Phi) is 3.59. The lowest BCUT2D eigenvalue weighted by Crippen LogP contribution is -2.37. The Morgan fingerprint density at radius 3 is 2.74 bits per heavy atom. The summed E-state index contributed by atoms with van der Waals surface area (Å²) in [5, 5.41) is 11.9. The molecule has 6 heteroatoms. The maximum atomic E-state index is 11.8. The van der Waals surface area contributed by atoms with Gasteiger partial charge in [-0.1, -0.05) is 6.07 Å². The van der Waals surface area contributed by atoms with E-state index in [0.717, 1.165) is 12.8 Å². The van der Waals surface area contributed by atoms with E-state index in [4.69, 9.17) is 15.6 Å². The maximum Gasteiger partial charge on any atom is 0.339 e. The molecule has 1 aliphatic rings. The molecule has 1 aliphatic carbocycles. The van der Waals surface area contributed by atoms with Crippen molar-refractivity contribution >= 4 is 17.6 Å². The normalized spacial score (nSPS) is 15.6. The summed E-state index contributed by atoms with van der Waals surface area (Å²) in [6, 6.07) is 4.68. The fraction of sp³-hybridized carbons (Fsp3) is 0.385. The molecular weight excluding hydrogens is 248 g/mol. The summed E-state index contributed by atoms with van der Waals surface area (Å²) in [6.45, 7) is 1.57. The van der Waals surface area contributed by atoms with Gasteiger partial charge in [0.2, 0.25) is 0 Å². The number of nitrogens with one attached hydrogen (secondary N) is 1. The molecule has 1 aromatic rings. The lowest BCUT2D eigenvalue weighted by molar-refractivity contribution is -0.127. The van der Waals surface area contributed by atoms with Crippen molar-refractivity contribution in [2.24, 2.45) is 0 Å². The second-order valence-corrected chi connectivity index (χ2v) is 4.57. The number of carbonyl (C=O) groups is 2. The van der Waals surface area contributed by atoms with Gasteiger partial charge >= 0.3 is 5.97 Å². The molecule has 0 saturated heterocycles. The standard InChI is InChI=1S/C13H16N2O4/c1-7(12(16)15-8-5-6-8)19-11-9(13(17)18)3-2-4-10(11)14/h2-4,7-8H,5-6,14H2,1H3,(H,15,16)(H,17,18). The molecule has 1 amide bonds. The summed E-state index contributed by atoms with van der Waals surface area (Å²) in [4.78, 5) is 22.8. The molecule has 0 heterocycles. The first-order valence-electron chi connectivity index (χ1n) is 6.08. The first-order valence-corrected chi connectivity index (χ1v) is 6.08. The van der Waals surface area contributed by atoms with Crippen LogP contribution in [0, 0.1) is 0 Å². The SMILES string of the molecule is CC(Oc1c(N)cccc1C(=O)O)C(=O)NC1CC1. The van der Waals surface area contributed by atoms with Gasteiger partial charge in [-0.05, 0) is 31.9 Å². The summed E-state index contributed by atoms with van der Waals surface area (Å²) in [7, 11) is 0. The fourth-order valence-corrected chi connectivity index (χ4v) is 1.63. The number of hydrogen-bond acceptors (Lipinski definition) is 4. The van der Waals surface area contributed by atoms with E-state index >= 15 is 0 Å². The van der Waals surface area contributed by atoms with E-state index in [-0.39, 0.29) is 28.9 Å². The van der Waals surface area contributed by atoms with Crippen LogP contribution in [0.15, 0.2) is 18.2 Å². The van der Waals surface area contributed by atoms with Gasteiger partial charge in [0.05, 0.1) is 5.69 Å². The number of nitrogens with two attached hydrogens (primary N) is 1. The fourth-order valence-electron chi connectivity index (χ4n) is 1.63. The number of nitrogen functional groups attached to an aromatic ring is 1. The van der Waals surface area contributed by atoms with Crippen LogP contribution in [0.3, 0.4) is 0 Å². The van der Waals surface area contributed by atoms with Gasteiger partial charge in [0.25, 0.3) is 5.91 Å². The molecule has 2 rings (SSSR count). The van der Waals surface area contributed by atoms with Gasteiger partial charge in [0.1, 0.15) is 5.56 Å². The predicted octanol–water partition coefficient (Wildman–Crippen LogP) is 1.01. The van der Waals surface area contributed by atoms with Crippen molar-refractivity contribution in [1.82, 2.24) is 5.32 Å². The number of benzene rings is 1. The van der Waals surface area contributed by atoms with Crippen molar-refractivity contribution < 1.29 is 19.4 Å². The number of hydrogen-bond donors (Lipinski definition) is 3. The van der Waals surface area contributed by atoms with E-state index in [1.165, 1.54) is 18.2 Å². The third-order valence-electron chi connectivity index (χ3n) is 2.86. The number of carbonyl (C=O) groups excluding carboxylic acids is 1. The van der Waals surface area contributed by atoms with Crippen LogP contribution in [-0.4, -0.2) is 29.1 Å². The molecule has 19 heavy (non-hydrogen) atoms. The van der Waals surface area contributed by atoms with Crippen LogP contribution >= 0.6 is 0 Å². The highest BCUT2D eigenvalue weighted by molar-refractivity contribution is 5.93. The van der Waals surface area contributed by atoms with E-state index in [1.807, 2.05) is 0 Å². The van der Waals surface area contributed by atoms with E-state index in [9.17, 15) is 9.59 Å². The van der Waals surface area contributed by atoms with Gasteiger partial charge < -0.3 is 20.9 Å². The smallest absolute Gasteiger partial charge is 0.339 e. The average Bonchev–Trinajstić information content (AvgIpc) is 3.15. The van der Waals surface area contributed by atoms with Gasteiger partial charge in [0, 0.05) is 6.04 Å². The van der Waals surface area contributed by atoms with Crippen LogP contribution in [0.2, 0.25) is 0 Å². The van der Waals surface area contributed by atoms with Crippen molar-refractivity contribution in [3.05, 3.63) is 23.8 Å². The molecule has 1 unspecified atom stereocenters. The summed E-state index contributed by atoms with van der Waals surface area (Å²) >= 11 is 0. The quantitative estimate of drug-likeness (QED) is 0.689. The molecule has 1 aromatic carbocycles. The Bertz CT molecular complexity index is 511. The van der Waals surface area contributed by atoms with Crippen LogP contribution in [-0.2, 0) is 4.79 Å². The van der Waals surface area contributed by atoms with Gasteiger partial charge in [-0.15, -0.1) is 0 Å². The van der Waals surface area contributed by atoms with Gasteiger partial charge in [-0.2, -0.15) is 0 Å². The molecule has 4 N–H and O–H groups in total. The number of carboxylic acids is 1. The van der Waals surface area contributed by atoms with E-state index in [0.29, 0.717) is 0 Å². The van der Waals surface area contributed by atoms with Crippen LogP contribution in [0.4, 0.5) is 5.69 Å². The Hall–Kier alpha value is -2.24. The number of anilines is 1. The molecule has 102 valence electrons. The second-order valence-electron chi connectivity index (χ2n) is 4.57. The zero-order valence-corrected chi connectivity index (χ0v) is 10.6. The largest absolute Gasteiger partial charge is 0.478 e. The molecule has 0 aliphatic heterocycles. The first kappa shape index (κ1) is 13.2. The predicted molar refractivity (Wildman–Crippen MR) is 69.1 cm³/mol. The summed E-state index contributed by atoms with van der Waals surface area (Å²) in [5.74, 6) is -1.37. The monoisotopic (exact) mass is 264 g/mol. The number of ether oxygens (including phenoxy) is 1. The molecule has 0 bridgehead atoms. The number of carboxylic acid groups (broad SMARTS) is 1. The zero-order chi connectivity index (χ0) is 14.0. The number of amides is 1. The molecule has 1 atom stereocenters. The molecule has 0 spiro atoms. The van der Waals surface area contributed by atoms with E-state index in [1.54, 1.807) is 6.92 Å². The topological polar surface area (TPSA) is 102 Å². The third kappa shape index (κ3) is 3.15. The highest BCUT2D eigenvalue weighted by Crippen LogP contribution is 2.27. The highest BCUT2D eigenvalue weighted by Gasteiger charge is 2.27. The van der Waals surface area contributed by atoms with Crippen LogP contribution in [0.5, 0.6) is 5.75 Å². The summed E-state index contributed by atoms with van der Waals surface area (Å²) < 4.78 is 5.41. The minimum absolute atomic E-state index is 0.0356. The van der Waals surface area contributed by atoms with E-state index in [2.05, 4.69) is 5.32 Å². The van der Waals surface area contributed by atoms with Gasteiger partial charge in [-0.3, -0.25) is 4.79 Å². The number of aromatic carboxylic acids is 1. The average molecular weight is 264 g/mol. The van der Waals surface area contributed by atoms with Crippen molar-refractivity contribution in [2.45, 2.75) is 31.9 Å². The minimum atomic E-state index is -1.14. The Morgan fingerprint density at radius 1 is 1.47 bits per heavy atom. The lowest BCUT2D eigenvalue weighted by atomic mass is 10.1. The Labute approximate surface area is 110 Å². The number of para-hydroxylation sites is 1. The molecule has 0 radical (unpaired) electrons. The van der Waals surface area contributed by atoms with Gasteiger partial charge in [-0.25, -0.2) is 4.79 Å². The summed E-state index contributed by atoms with van der Waals surface area (Å²) in [5.41, 5.74) is 5.85. The van der Waals surface area contributed by atoms with Crippen molar-refractivity contribution in [3.8, 4) is 5.75 Å². The molecule has 1 saturated carbocycles. The van der Waals surface area contributed by atoms with Crippen molar-refractivity contribution in [3.63, 3.8) is 0 Å². The highest BCUT2D eigenvalue weighted by atomic mass is 16.5. The van der Waals surface area contributed by atoms with Crippen LogP contribution in [0.25, 0.3) is 0 Å². The van der Waals surface area contributed by atoms with Crippen molar-refractivity contribution in [1.29, 1.82) is 0 Å². The van der Waals surface area contributed by atoms with Crippen LogP contribution in [0.1, 0.15) is 30.1 Å². The van der Waals surface area contributed by atoms with Crippen LogP contribution < -0.4 is 15.8 Å². The Morgan fingerprint density at radius 2 is 2.16 bits per heavy atom. The maximum absolute atomic E-state index is 11.8. The third-order valence-corrected chi connectivity index (χ3v) is 2.86. The zero-order valence-electron chi connectivity index (χ0n) is 10.6. The number of rotatable bonds is 5. The Balaban J connectivity index is 2.12.